The molecule has 2 radical (unpaired) electrons. The molecule has 0 spiro atoms. The van der Waals surface area contributed by atoms with Gasteiger partial charge in [-0.15, -0.1) is 0 Å². The lowest BCUT2D eigenvalue weighted by Gasteiger charge is -2.26. The highest BCUT2D eigenvalue weighted by Crippen LogP contribution is 2.27. The van der Waals surface area contributed by atoms with Gasteiger partial charge in [-0.1, -0.05) is 71.5 Å². The van der Waals surface area contributed by atoms with E-state index >= 15 is 0 Å². The molecule has 0 heterocycles. The van der Waals surface area contributed by atoms with Gasteiger partial charge in [0, 0.05) is 0 Å². The standard InChI is InChI=1S/C15H24Si/c1-14(2,3)11-8-12(15(4,5)6)10-13(9-11)16-7/h8-10H,1-7H3. The Kier molecular flexibility index (Phi) is 3.68. The molecule has 0 saturated carbocycles. The molecule has 0 bridgehead atoms. The molecule has 0 N–H and O–H groups in total. The Labute approximate surface area is 103 Å². The van der Waals surface area contributed by atoms with Crippen LogP contribution in [0.3, 0.4) is 0 Å². The maximum atomic E-state index is 2.38. The summed E-state index contributed by atoms with van der Waals surface area (Å²) in [5, 5.41) is 1.48. The topological polar surface area (TPSA) is 0 Å². The van der Waals surface area contributed by atoms with Gasteiger partial charge in [-0.2, -0.15) is 0 Å². The van der Waals surface area contributed by atoms with Crippen molar-refractivity contribution in [3.8, 4) is 0 Å². The van der Waals surface area contributed by atoms with E-state index in [1.54, 1.807) is 0 Å². The molecule has 1 aromatic carbocycles. The molecule has 0 nitrogen and oxygen atoms in total. The van der Waals surface area contributed by atoms with Crippen molar-refractivity contribution in [1.29, 1.82) is 0 Å². The average Bonchev–Trinajstić information content (AvgIpc) is 2.14. The van der Waals surface area contributed by atoms with Gasteiger partial charge in [0.2, 0.25) is 0 Å². The van der Waals surface area contributed by atoms with Crippen molar-refractivity contribution in [2.45, 2.75) is 58.9 Å². The van der Waals surface area contributed by atoms with Crippen LogP contribution in [0.25, 0.3) is 0 Å². The number of hydrogen-bond acceptors (Lipinski definition) is 0. The molecule has 0 aliphatic carbocycles. The Morgan fingerprint density at radius 1 is 0.750 bits per heavy atom. The quantitative estimate of drug-likeness (QED) is 0.648. The highest BCUT2D eigenvalue weighted by Gasteiger charge is 2.19. The number of benzene rings is 1. The van der Waals surface area contributed by atoms with Crippen molar-refractivity contribution >= 4 is 14.7 Å². The molecule has 0 amide bonds. The Morgan fingerprint density at radius 2 is 1.12 bits per heavy atom. The maximum absolute atomic E-state index is 2.38. The van der Waals surface area contributed by atoms with E-state index in [1.165, 1.54) is 16.3 Å². The van der Waals surface area contributed by atoms with Gasteiger partial charge >= 0.3 is 0 Å². The Morgan fingerprint density at radius 3 is 1.38 bits per heavy atom. The van der Waals surface area contributed by atoms with Crippen LogP contribution in [0.2, 0.25) is 6.55 Å². The third kappa shape index (κ3) is 3.21. The van der Waals surface area contributed by atoms with Gasteiger partial charge < -0.3 is 0 Å². The molecule has 16 heavy (non-hydrogen) atoms. The van der Waals surface area contributed by atoms with E-state index in [2.05, 4.69) is 66.3 Å². The predicted molar refractivity (Wildman–Crippen MR) is 75.1 cm³/mol. The Balaban J connectivity index is 3.33. The van der Waals surface area contributed by atoms with Crippen LogP contribution >= 0.6 is 0 Å². The molecule has 0 aliphatic heterocycles. The fraction of sp³-hybridized carbons (Fsp3) is 0.600. The van der Waals surface area contributed by atoms with Crippen LogP contribution in [-0.2, 0) is 10.8 Å². The van der Waals surface area contributed by atoms with Crippen LogP contribution in [-0.4, -0.2) is 9.52 Å². The van der Waals surface area contributed by atoms with Crippen molar-refractivity contribution in [1.82, 2.24) is 0 Å². The van der Waals surface area contributed by atoms with E-state index in [-0.39, 0.29) is 10.8 Å². The third-order valence-corrected chi connectivity index (χ3v) is 3.82. The van der Waals surface area contributed by atoms with Gasteiger partial charge in [0.05, 0.1) is 9.52 Å². The van der Waals surface area contributed by atoms with E-state index in [9.17, 15) is 0 Å². The average molecular weight is 232 g/mol. The monoisotopic (exact) mass is 232 g/mol. The van der Waals surface area contributed by atoms with Crippen molar-refractivity contribution in [3.05, 3.63) is 29.3 Å². The van der Waals surface area contributed by atoms with Crippen LogP contribution in [0.15, 0.2) is 18.2 Å². The molecular formula is C15H24Si. The van der Waals surface area contributed by atoms with Crippen LogP contribution in [0.4, 0.5) is 0 Å². The first kappa shape index (κ1) is 13.5. The fourth-order valence-electron chi connectivity index (χ4n) is 1.64. The summed E-state index contributed by atoms with van der Waals surface area (Å²) in [7, 11) is 0.881. The zero-order valence-corrected chi connectivity index (χ0v) is 12.7. The second-order valence-corrected chi connectivity index (χ2v) is 7.63. The second kappa shape index (κ2) is 4.36. The summed E-state index contributed by atoms with van der Waals surface area (Å²) in [6.45, 7) is 16.0. The van der Waals surface area contributed by atoms with E-state index in [4.69, 9.17) is 0 Å². The first-order valence-corrected chi connectivity index (χ1v) is 7.48. The first-order chi connectivity index (χ1) is 7.14. The number of rotatable bonds is 1. The van der Waals surface area contributed by atoms with Crippen molar-refractivity contribution in [2.24, 2.45) is 0 Å². The van der Waals surface area contributed by atoms with Gasteiger partial charge in [0.15, 0.2) is 0 Å². The largest absolute Gasteiger partial charge is 0.0773 e. The van der Waals surface area contributed by atoms with Crippen molar-refractivity contribution in [2.75, 3.05) is 0 Å². The van der Waals surface area contributed by atoms with Crippen molar-refractivity contribution < 1.29 is 0 Å². The normalized spacial score (nSPS) is 12.9. The minimum Gasteiger partial charge on any atom is -0.0688 e. The smallest absolute Gasteiger partial charge is 0.0688 e. The van der Waals surface area contributed by atoms with Crippen LogP contribution in [0, 0.1) is 0 Å². The first-order valence-electron chi connectivity index (χ1n) is 5.98. The molecule has 88 valence electrons. The zero-order valence-electron chi connectivity index (χ0n) is 11.7. The summed E-state index contributed by atoms with van der Waals surface area (Å²) >= 11 is 0. The van der Waals surface area contributed by atoms with Crippen LogP contribution in [0.1, 0.15) is 52.7 Å². The van der Waals surface area contributed by atoms with E-state index in [0.717, 1.165) is 9.52 Å². The SMILES string of the molecule is C[Si]c1cc(C(C)(C)C)cc(C(C)(C)C)c1. The molecule has 0 saturated heterocycles. The van der Waals surface area contributed by atoms with Gasteiger partial charge in [0.25, 0.3) is 0 Å². The summed E-state index contributed by atoms with van der Waals surface area (Å²) < 4.78 is 0. The highest BCUT2D eigenvalue weighted by atomic mass is 28.2. The molecule has 1 heteroatoms. The molecule has 0 fully saturated rings. The van der Waals surface area contributed by atoms with Gasteiger partial charge in [-0.25, -0.2) is 0 Å². The summed E-state index contributed by atoms with van der Waals surface area (Å²) in [5.74, 6) is 0. The summed E-state index contributed by atoms with van der Waals surface area (Å²) in [6, 6.07) is 7.12. The molecule has 0 unspecified atom stereocenters. The lowest BCUT2D eigenvalue weighted by molar-refractivity contribution is 0.569. The second-order valence-electron chi connectivity index (χ2n) is 6.55. The summed E-state index contributed by atoms with van der Waals surface area (Å²) in [4.78, 5) is 0. The highest BCUT2D eigenvalue weighted by molar-refractivity contribution is 6.52. The molecule has 0 aliphatic rings. The fourth-order valence-corrected chi connectivity index (χ4v) is 2.24. The van der Waals surface area contributed by atoms with Gasteiger partial charge in [-0.3, -0.25) is 0 Å². The minimum atomic E-state index is 0.246. The Bertz CT molecular complexity index is 332. The van der Waals surface area contributed by atoms with E-state index in [0.29, 0.717) is 0 Å². The van der Waals surface area contributed by atoms with Crippen molar-refractivity contribution in [3.63, 3.8) is 0 Å². The van der Waals surface area contributed by atoms with Crippen LogP contribution < -0.4 is 5.19 Å². The lowest BCUT2D eigenvalue weighted by Crippen LogP contribution is -2.22. The molecule has 1 rings (SSSR count). The Hall–Kier alpha value is -0.563. The van der Waals surface area contributed by atoms with Crippen LogP contribution in [0.5, 0.6) is 0 Å². The molecule has 1 aromatic rings. The lowest BCUT2D eigenvalue weighted by atomic mass is 9.81. The molecule has 0 aromatic heterocycles. The summed E-state index contributed by atoms with van der Waals surface area (Å²) in [6.07, 6.45) is 0. The predicted octanol–water partition coefficient (Wildman–Crippen LogP) is 3.66. The number of hydrogen-bond donors (Lipinski definition) is 0. The van der Waals surface area contributed by atoms with E-state index in [1.807, 2.05) is 0 Å². The maximum Gasteiger partial charge on any atom is 0.0773 e. The third-order valence-electron chi connectivity index (χ3n) is 2.95. The van der Waals surface area contributed by atoms with Gasteiger partial charge in [-0.05, 0) is 22.0 Å². The van der Waals surface area contributed by atoms with Gasteiger partial charge in [0.1, 0.15) is 0 Å². The van der Waals surface area contributed by atoms with E-state index < -0.39 is 0 Å². The minimum absolute atomic E-state index is 0.246. The zero-order chi connectivity index (χ0) is 12.6. The summed E-state index contributed by atoms with van der Waals surface area (Å²) in [5.41, 5.74) is 3.42. The molecular weight excluding hydrogens is 208 g/mol. The molecule has 0 atom stereocenters.